The van der Waals surface area contributed by atoms with Gasteiger partial charge >= 0.3 is 17.9 Å². The Morgan fingerprint density at radius 2 is 0.854 bits per heavy atom. The highest BCUT2D eigenvalue weighted by Crippen LogP contribution is 2.19. The van der Waals surface area contributed by atoms with Gasteiger partial charge in [0.15, 0.2) is 0 Å². The lowest BCUT2D eigenvalue weighted by molar-refractivity contribution is -0.145. The Kier molecular flexibility index (Phi) is 30.8. The largest absolute Gasteiger partial charge is 0.481 e. The van der Waals surface area contributed by atoms with E-state index in [-0.39, 0.29) is 31.6 Å². The summed E-state index contributed by atoms with van der Waals surface area (Å²) in [4.78, 5) is 200. The van der Waals surface area contributed by atoms with Crippen molar-refractivity contribution >= 4 is 99.7 Å². The number of fused-ring (bicyclic) bond motifs is 1. The van der Waals surface area contributed by atoms with Crippen LogP contribution in [-0.2, 0) is 78.3 Å². The highest BCUT2D eigenvalue weighted by Gasteiger charge is 2.38. The number of H-pyrrole nitrogens is 1. The first-order valence-electron chi connectivity index (χ1n) is 28.7. The van der Waals surface area contributed by atoms with Crippen LogP contribution in [0.4, 0.5) is 0 Å². The minimum absolute atomic E-state index is 0.0165. The number of primary amides is 2. The van der Waals surface area contributed by atoms with Gasteiger partial charge in [0.2, 0.25) is 70.9 Å². The summed E-state index contributed by atoms with van der Waals surface area (Å²) >= 11 is 0. The van der Waals surface area contributed by atoms with Crippen molar-refractivity contribution < 1.29 is 92.3 Å². The minimum atomic E-state index is -2.05. The number of carbonyl (C=O) groups excluding carboxylic acids is 12. The van der Waals surface area contributed by atoms with Gasteiger partial charge in [0.1, 0.15) is 60.4 Å². The van der Waals surface area contributed by atoms with E-state index in [0.29, 0.717) is 5.56 Å². The zero-order valence-corrected chi connectivity index (χ0v) is 51.1. The third kappa shape index (κ3) is 25.5. The molecule has 0 saturated carbocycles. The van der Waals surface area contributed by atoms with Crippen LogP contribution in [0.3, 0.4) is 0 Å². The molecule has 0 unspecified atom stereocenters. The molecule has 0 aliphatic rings. The normalized spacial score (nSPS) is 15.3. The van der Waals surface area contributed by atoms with E-state index in [1.54, 1.807) is 52.9 Å². The quantitative estimate of drug-likeness (QED) is 0.0300. The van der Waals surface area contributed by atoms with Gasteiger partial charge in [-0.3, -0.25) is 67.1 Å². The molecule has 2 aromatic rings. The number of carboxylic acids is 3. The van der Waals surface area contributed by atoms with Crippen molar-refractivity contribution in [2.24, 2.45) is 40.9 Å². The van der Waals surface area contributed by atoms with Gasteiger partial charge in [0.05, 0.1) is 38.3 Å². The van der Waals surface area contributed by atoms with Crippen molar-refractivity contribution in [2.45, 2.75) is 180 Å². The monoisotopic (exact) mass is 1260 g/mol. The van der Waals surface area contributed by atoms with Gasteiger partial charge in [-0.1, -0.05) is 80.0 Å². The molecular weight excluding hydrogens is 1170 g/mol. The lowest BCUT2D eigenvalue weighted by Crippen LogP contribution is -2.62. The topological polar surface area (TPSA) is 551 Å². The van der Waals surface area contributed by atoms with E-state index in [9.17, 15) is 92.3 Å². The third-order valence-electron chi connectivity index (χ3n) is 13.8. The smallest absolute Gasteiger partial charge is 0.326 e. The number of para-hydroxylation sites is 1. The Morgan fingerprint density at radius 1 is 0.472 bits per heavy atom. The summed E-state index contributed by atoms with van der Waals surface area (Å²) in [6, 6.07) is -11.0. The number of hydrogen-bond acceptors (Lipinski definition) is 17. The Balaban J connectivity index is 2.29. The van der Waals surface area contributed by atoms with Gasteiger partial charge in [0.25, 0.3) is 0 Å². The zero-order chi connectivity index (χ0) is 67.7. The predicted octanol–water partition coefficient (Wildman–Crippen LogP) is -4.52. The van der Waals surface area contributed by atoms with E-state index in [1.807, 2.05) is 12.1 Å². The highest BCUT2D eigenvalue weighted by molar-refractivity contribution is 6.01. The lowest BCUT2D eigenvalue weighted by atomic mass is 9.97. The van der Waals surface area contributed by atoms with Crippen LogP contribution in [0.5, 0.6) is 0 Å². The Morgan fingerprint density at radius 3 is 1.28 bits per heavy atom. The first-order valence-corrected chi connectivity index (χ1v) is 28.7. The Bertz CT molecular complexity index is 2900. The number of nitrogens with one attached hydrogen (secondary N) is 11. The standard InChI is InChI=1S/C56H86N14O19/c1-10-27(8)45(55(87)67-37(20-42(74)75)52(84)65-36(19-41(59)73)50(82)63-34(16-25(4)5)49(81)66-38(21-43(76)77)53(85)69-44(26(6)7)56(88)89)70-46(78)28(9)61-48(80)33(15-24(2)3)64-54(86)39(23-71)68-51(83)35(18-40(58)72)62-47(79)31(57)17-29-22-60-32-14-12-11-13-30(29)32/h11-14,22,24-28,31,33-39,44-45,60,71H,10,15-21,23,57H2,1-9H3,(H2,58,72)(H2,59,73)(H,61,80)(H,62,79)(H,63,82)(H,64,86)(H,65,84)(H,66,81)(H,67,87)(H,68,83)(H,69,85)(H,70,78)(H,74,75)(H,76,77)(H,88,89)/t27-,28-,31-,33-,34-,35-,36-,37-,38-,39-,44-,45-/m0/s1. The molecular formula is C56H86N14O19. The van der Waals surface area contributed by atoms with Crippen molar-refractivity contribution in [1.82, 2.24) is 58.2 Å². The Hall–Kier alpha value is -9.27. The molecule has 0 radical (unpaired) electrons. The summed E-state index contributed by atoms with van der Waals surface area (Å²) in [7, 11) is 0. The molecule has 0 bridgehead atoms. The summed E-state index contributed by atoms with van der Waals surface area (Å²) in [6.45, 7) is 12.8. The molecule has 21 N–H and O–H groups in total. The van der Waals surface area contributed by atoms with E-state index in [4.69, 9.17) is 17.2 Å². The average Bonchev–Trinajstić information content (AvgIpc) is 2.78. The van der Waals surface area contributed by atoms with Crippen LogP contribution in [-0.4, -0.2) is 187 Å². The number of carbonyl (C=O) groups is 15. The van der Waals surface area contributed by atoms with Crippen LogP contribution < -0.4 is 70.4 Å². The first-order chi connectivity index (χ1) is 41.5. The molecule has 1 aromatic heterocycles. The molecule has 0 fully saturated rings. The van der Waals surface area contributed by atoms with Crippen LogP contribution in [0.1, 0.15) is 113 Å². The molecule has 1 aromatic carbocycles. The number of amides is 12. The molecule has 2 rings (SSSR count). The van der Waals surface area contributed by atoms with Gasteiger partial charge in [0, 0.05) is 17.1 Å². The van der Waals surface area contributed by atoms with Crippen molar-refractivity contribution in [3.63, 3.8) is 0 Å². The third-order valence-corrected chi connectivity index (χ3v) is 13.8. The fourth-order valence-corrected chi connectivity index (χ4v) is 8.85. The number of aromatic nitrogens is 1. The summed E-state index contributed by atoms with van der Waals surface area (Å²) in [5.41, 5.74) is 18.4. The molecule has 0 aliphatic heterocycles. The number of carboxylic acid groups (broad SMARTS) is 3. The number of benzene rings is 1. The second-order valence-corrected chi connectivity index (χ2v) is 22.7. The fraction of sp³-hybridized carbons (Fsp3) is 0.589. The van der Waals surface area contributed by atoms with Gasteiger partial charge in [-0.05, 0) is 61.5 Å². The van der Waals surface area contributed by atoms with Crippen molar-refractivity contribution in [3.05, 3.63) is 36.0 Å². The van der Waals surface area contributed by atoms with Crippen molar-refractivity contribution in [1.29, 1.82) is 0 Å². The maximum Gasteiger partial charge on any atom is 0.326 e. The number of nitrogens with two attached hydrogens (primary N) is 3. The van der Waals surface area contributed by atoms with Gasteiger partial charge in [-0.15, -0.1) is 0 Å². The van der Waals surface area contributed by atoms with Gasteiger partial charge < -0.3 is 95.8 Å². The van der Waals surface area contributed by atoms with E-state index >= 15 is 0 Å². The van der Waals surface area contributed by atoms with Crippen LogP contribution in [0.15, 0.2) is 30.5 Å². The average molecular weight is 1260 g/mol. The number of rotatable bonds is 39. The first kappa shape index (κ1) is 75.8. The van der Waals surface area contributed by atoms with Gasteiger partial charge in [-0.2, -0.15) is 0 Å². The van der Waals surface area contributed by atoms with E-state index in [2.05, 4.69) is 58.2 Å². The Labute approximate surface area is 512 Å². The number of aliphatic hydroxyl groups is 1. The van der Waals surface area contributed by atoms with Crippen LogP contribution in [0, 0.1) is 23.7 Å². The molecule has 0 aliphatic carbocycles. The second kappa shape index (κ2) is 36.1. The summed E-state index contributed by atoms with van der Waals surface area (Å²) < 4.78 is 0. The summed E-state index contributed by atoms with van der Waals surface area (Å²) in [5, 5.41) is 62.8. The van der Waals surface area contributed by atoms with E-state index < -0.39 is 205 Å². The molecule has 1 heterocycles. The molecule has 494 valence electrons. The molecule has 89 heavy (non-hydrogen) atoms. The predicted molar refractivity (Wildman–Crippen MR) is 315 cm³/mol. The zero-order valence-electron chi connectivity index (χ0n) is 51.1. The molecule has 12 atom stereocenters. The number of aliphatic hydroxyl groups excluding tert-OH is 1. The van der Waals surface area contributed by atoms with E-state index in [1.165, 1.54) is 27.7 Å². The SMILES string of the molecule is CC[C@H](C)[C@H](NC(=O)[C@H](C)NC(=O)[C@H](CC(C)C)NC(=O)[C@H](CO)NC(=O)[C@H](CC(N)=O)NC(=O)[C@@H](N)Cc1c[nH]c2ccccc12)C(=O)N[C@@H](CC(=O)O)C(=O)N[C@@H](CC(N)=O)C(=O)N[C@@H](CC(C)C)C(=O)N[C@@H](CC(=O)O)C(=O)N[C@H](C(=O)O)C(C)C. The molecule has 33 heteroatoms. The maximum absolute atomic E-state index is 14.0. The molecule has 12 amide bonds. The van der Waals surface area contributed by atoms with Crippen LogP contribution in [0.2, 0.25) is 0 Å². The van der Waals surface area contributed by atoms with Crippen LogP contribution in [0.25, 0.3) is 10.9 Å². The van der Waals surface area contributed by atoms with Crippen molar-refractivity contribution in [2.75, 3.05) is 6.61 Å². The van der Waals surface area contributed by atoms with E-state index in [0.717, 1.165) is 10.9 Å². The number of aromatic amines is 1. The summed E-state index contributed by atoms with van der Waals surface area (Å²) in [6.07, 6.45) is -2.35. The maximum atomic E-state index is 14.0. The number of hydrogen-bond donors (Lipinski definition) is 18. The van der Waals surface area contributed by atoms with Gasteiger partial charge in [-0.25, -0.2) is 4.79 Å². The highest BCUT2D eigenvalue weighted by atomic mass is 16.4. The molecule has 33 nitrogen and oxygen atoms in total. The minimum Gasteiger partial charge on any atom is -0.481 e. The van der Waals surface area contributed by atoms with Crippen molar-refractivity contribution in [3.8, 4) is 0 Å². The molecule has 0 spiro atoms. The lowest BCUT2D eigenvalue weighted by Gasteiger charge is -2.29. The second-order valence-electron chi connectivity index (χ2n) is 22.7. The van der Waals surface area contributed by atoms with Crippen LogP contribution >= 0.6 is 0 Å². The fourth-order valence-electron chi connectivity index (χ4n) is 8.85. The molecule has 0 saturated heterocycles. The summed E-state index contributed by atoms with van der Waals surface area (Å²) in [5.74, 6) is -20.3. The number of aliphatic carboxylic acids is 3.